The van der Waals surface area contributed by atoms with Crippen molar-refractivity contribution in [2.75, 3.05) is 14.2 Å². The van der Waals surface area contributed by atoms with E-state index in [0.29, 0.717) is 5.56 Å². The van der Waals surface area contributed by atoms with Crippen LogP contribution in [0.4, 0.5) is 0 Å². The van der Waals surface area contributed by atoms with E-state index in [-0.39, 0.29) is 5.97 Å². The van der Waals surface area contributed by atoms with Gasteiger partial charge in [-0.15, -0.1) is 0 Å². The zero-order valence-electron chi connectivity index (χ0n) is 8.90. The van der Waals surface area contributed by atoms with E-state index in [2.05, 4.69) is 4.74 Å². The Morgan fingerprint density at radius 3 is 2.47 bits per heavy atom. The summed E-state index contributed by atoms with van der Waals surface area (Å²) in [4.78, 5) is 11.1. The minimum absolute atomic E-state index is 0.311. The lowest BCUT2D eigenvalue weighted by Gasteiger charge is -2.00. The Bertz CT molecular complexity index is 338. The van der Waals surface area contributed by atoms with Crippen LogP contribution >= 0.6 is 0 Å². The molecule has 1 aromatic rings. The van der Waals surface area contributed by atoms with Gasteiger partial charge in [-0.2, -0.15) is 0 Å². The zero-order chi connectivity index (χ0) is 11.1. The Kier molecular flexibility index (Phi) is 4.41. The predicted molar refractivity (Wildman–Crippen MR) is 57.6 cm³/mol. The number of hydrogen-bond donors (Lipinski definition) is 0. The first-order valence-electron chi connectivity index (χ1n) is 4.63. The quantitative estimate of drug-likeness (QED) is 0.559. The van der Waals surface area contributed by atoms with Crippen LogP contribution in [0.5, 0.6) is 0 Å². The second-order valence-corrected chi connectivity index (χ2v) is 3.00. The van der Waals surface area contributed by atoms with Crippen LogP contribution in [0.2, 0.25) is 0 Å². The fraction of sp³-hybridized carbons (Fsp3) is 0.250. The van der Waals surface area contributed by atoms with Gasteiger partial charge < -0.3 is 9.47 Å². The van der Waals surface area contributed by atoms with Crippen LogP contribution in [0, 0.1) is 0 Å². The lowest BCUT2D eigenvalue weighted by molar-refractivity contribution is 0.0600. The molecule has 0 amide bonds. The molecule has 1 aromatic carbocycles. The van der Waals surface area contributed by atoms with Crippen LogP contribution in [0.25, 0.3) is 0 Å². The van der Waals surface area contributed by atoms with Crippen molar-refractivity contribution in [2.24, 2.45) is 0 Å². The molecule has 0 aromatic heterocycles. The molecular weight excluding hydrogens is 192 g/mol. The van der Waals surface area contributed by atoms with Gasteiger partial charge in [-0.05, 0) is 30.2 Å². The van der Waals surface area contributed by atoms with Gasteiger partial charge in [0.25, 0.3) is 0 Å². The third-order valence-corrected chi connectivity index (χ3v) is 1.96. The van der Waals surface area contributed by atoms with E-state index in [0.717, 1.165) is 12.0 Å². The Labute approximate surface area is 89.3 Å². The van der Waals surface area contributed by atoms with Crippen LogP contribution < -0.4 is 0 Å². The highest BCUT2D eigenvalue weighted by molar-refractivity contribution is 5.89. The molecular formula is C12H14O3. The van der Waals surface area contributed by atoms with Gasteiger partial charge in [-0.3, -0.25) is 0 Å². The number of allylic oxidation sites excluding steroid dienone is 1. The summed E-state index contributed by atoms with van der Waals surface area (Å²) in [5, 5.41) is 0. The normalized spacial score (nSPS) is 10.3. The minimum atomic E-state index is -0.311. The largest absolute Gasteiger partial charge is 0.505 e. The fourth-order valence-corrected chi connectivity index (χ4v) is 1.18. The Morgan fingerprint density at radius 2 is 1.93 bits per heavy atom. The molecule has 0 aliphatic heterocycles. The Balaban J connectivity index is 2.64. The molecule has 15 heavy (non-hydrogen) atoms. The predicted octanol–water partition coefficient (Wildman–Crippen LogP) is 2.18. The van der Waals surface area contributed by atoms with Crippen molar-refractivity contribution in [3.63, 3.8) is 0 Å². The first kappa shape index (κ1) is 11.3. The molecule has 0 aliphatic carbocycles. The highest BCUT2D eigenvalue weighted by Gasteiger charge is 2.03. The van der Waals surface area contributed by atoms with Crippen molar-refractivity contribution in [3.8, 4) is 0 Å². The molecule has 0 radical (unpaired) electrons. The summed E-state index contributed by atoms with van der Waals surface area (Å²) in [7, 11) is 2.98. The van der Waals surface area contributed by atoms with Gasteiger partial charge in [0, 0.05) is 0 Å². The Morgan fingerprint density at radius 1 is 1.27 bits per heavy atom. The maximum absolute atomic E-state index is 11.1. The van der Waals surface area contributed by atoms with Crippen molar-refractivity contribution in [1.29, 1.82) is 0 Å². The van der Waals surface area contributed by atoms with Crippen LogP contribution in [0.3, 0.4) is 0 Å². The monoisotopic (exact) mass is 206 g/mol. The van der Waals surface area contributed by atoms with Crippen LogP contribution in [-0.4, -0.2) is 20.2 Å². The van der Waals surface area contributed by atoms with Gasteiger partial charge in [-0.25, -0.2) is 4.79 Å². The Hall–Kier alpha value is -1.77. The average molecular weight is 206 g/mol. The van der Waals surface area contributed by atoms with E-state index >= 15 is 0 Å². The van der Waals surface area contributed by atoms with Crippen molar-refractivity contribution >= 4 is 5.97 Å². The van der Waals surface area contributed by atoms with Crippen molar-refractivity contribution in [1.82, 2.24) is 0 Å². The summed E-state index contributed by atoms with van der Waals surface area (Å²) >= 11 is 0. The minimum Gasteiger partial charge on any atom is -0.505 e. The molecule has 0 fully saturated rings. The molecule has 0 unspecified atom stereocenters. The number of rotatable bonds is 4. The number of hydrogen-bond acceptors (Lipinski definition) is 3. The van der Waals surface area contributed by atoms with E-state index in [9.17, 15) is 4.79 Å². The summed E-state index contributed by atoms with van der Waals surface area (Å²) in [6.45, 7) is 0. The van der Waals surface area contributed by atoms with Crippen LogP contribution in [-0.2, 0) is 15.9 Å². The molecule has 3 heteroatoms. The average Bonchev–Trinajstić information content (AvgIpc) is 2.29. The number of carbonyl (C=O) groups excluding carboxylic acids is 1. The lowest BCUT2D eigenvalue weighted by Crippen LogP contribution is -2.00. The van der Waals surface area contributed by atoms with Crippen molar-refractivity contribution < 1.29 is 14.3 Å². The molecule has 1 rings (SSSR count). The van der Waals surface area contributed by atoms with Gasteiger partial charge in [0.15, 0.2) is 0 Å². The summed E-state index contributed by atoms with van der Waals surface area (Å²) < 4.78 is 9.39. The van der Waals surface area contributed by atoms with E-state index in [4.69, 9.17) is 4.74 Å². The highest BCUT2D eigenvalue weighted by atomic mass is 16.5. The fourth-order valence-electron chi connectivity index (χ4n) is 1.18. The highest BCUT2D eigenvalue weighted by Crippen LogP contribution is 2.06. The SMILES string of the molecule is COC=CCc1ccc(C(=O)OC)cc1. The molecule has 0 heterocycles. The molecule has 0 saturated heterocycles. The van der Waals surface area contributed by atoms with Gasteiger partial charge >= 0.3 is 5.97 Å². The van der Waals surface area contributed by atoms with Crippen LogP contribution in [0.15, 0.2) is 36.6 Å². The number of esters is 1. The molecule has 0 atom stereocenters. The number of carbonyl (C=O) groups is 1. The van der Waals surface area contributed by atoms with Crippen LogP contribution in [0.1, 0.15) is 15.9 Å². The summed E-state index contributed by atoms with van der Waals surface area (Å²) in [5.41, 5.74) is 1.69. The van der Waals surface area contributed by atoms with E-state index in [1.165, 1.54) is 7.11 Å². The second kappa shape index (κ2) is 5.86. The smallest absolute Gasteiger partial charge is 0.337 e. The van der Waals surface area contributed by atoms with Gasteiger partial charge in [0.2, 0.25) is 0 Å². The van der Waals surface area contributed by atoms with Crippen molar-refractivity contribution in [2.45, 2.75) is 6.42 Å². The molecule has 80 valence electrons. The maximum Gasteiger partial charge on any atom is 0.337 e. The molecule has 0 spiro atoms. The van der Waals surface area contributed by atoms with Gasteiger partial charge in [0.1, 0.15) is 0 Å². The van der Waals surface area contributed by atoms with E-state index in [1.807, 2.05) is 18.2 Å². The number of ether oxygens (including phenoxy) is 2. The molecule has 3 nitrogen and oxygen atoms in total. The van der Waals surface area contributed by atoms with E-state index in [1.54, 1.807) is 25.5 Å². The molecule has 0 aliphatic rings. The van der Waals surface area contributed by atoms with Crippen molar-refractivity contribution in [3.05, 3.63) is 47.7 Å². The lowest BCUT2D eigenvalue weighted by atomic mass is 10.1. The summed E-state index contributed by atoms with van der Waals surface area (Å²) in [6, 6.07) is 7.29. The van der Waals surface area contributed by atoms with E-state index < -0.39 is 0 Å². The van der Waals surface area contributed by atoms with Gasteiger partial charge in [-0.1, -0.05) is 12.1 Å². The summed E-state index contributed by atoms with van der Waals surface area (Å²) in [5.74, 6) is -0.311. The zero-order valence-corrected chi connectivity index (χ0v) is 8.90. The molecule has 0 saturated carbocycles. The summed E-state index contributed by atoms with van der Waals surface area (Å²) in [6.07, 6.45) is 4.33. The molecule has 0 N–H and O–H groups in total. The van der Waals surface area contributed by atoms with Gasteiger partial charge in [0.05, 0.1) is 26.0 Å². The first-order chi connectivity index (χ1) is 7.27. The second-order valence-electron chi connectivity index (χ2n) is 3.00. The standard InChI is InChI=1S/C12H14O3/c1-14-9-3-4-10-5-7-11(8-6-10)12(13)15-2/h3,5-9H,4H2,1-2H3. The topological polar surface area (TPSA) is 35.5 Å². The maximum atomic E-state index is 11.1. The first-order valence-corrected chi connectivity index (χ1v) is 4.63. The molecule has 0 bridgehead atoms. The number of benzene rings is 1. The number of methoxy groups -OCH3 is 2. The third-order valence-electron chi connectivity index (χ3n) is 1.96. The third kappa shape index (κ3) is 3.46.